The third kappa shape index (κ3) is 3.48. The Hall–Kier alpha value is -1.36. The number of allylic oxidation sites excluding steroid dienone is 1. The normalized spacial score (nSPS) is 17.4. The molecule has 0 bridgehead atoms. The summed E-state index contributed by atoms with van der Waals surface area (Å²) in [5, 5.41) is 1.18. The zero-order valence-electron chi connectivity index (χ0n) is 14.1. The first-order valence-corrected chi connectivity index (χ1v) is 9.44. The van der Waals surface area contributed by atoms with Crippen LogP contribution in [0, 0.1) is 5.92 Å². The molecule has 3 rings (SSSR count). The minimum Gasteiger partial charge on any atom is -0.317 e. The molecule has 1 unspecified atom stereocenters. The fraction of sp³-hybridized carbons (Fsp3) is 0.263. The molecule has 0 saturated carbocycles. The molecule has 0 fully saturated rings. The molecule has 6 heteroatoms. The summed E-state index contributed by atoms with van der Waals surface area (Å²) in [5.74, 6) is 0.150. The minimum atomic E-state index is -0.118. The van der Waals surface area contributed by atoms with Crippen LogP contribution in [0.25, 0.3) is 0 Å². The molecular weight excluding hydrogens is 423 g/mol. The van der Waals surface area contributed by atoms with Crippen molar-refractivity contribution in [3.63, 3.8) is 0 Å². The van der Waals surface area contributed by atoms with Crippen molar-refractivity contribution in [3.8, 4) is 0 Å². The van der Waals surface area contributed by atoms with Crippen LogP contribution < -0.4 is 5.56 Å². The van der Waals surface area contributed by atoms with E-state index in [1.165, 1.54) is 4.57 Å². The molecule has 0 spiro atoms. The number of hydrogen-bond donors (Lipinski definition) is 0. The van der Waals surface area contributed by atoms with Gasteiger partial charge in [-0.3, -0.25) is 4.79 Å². The van der Waals surface area contributed by atoms with Gasteiger partial charge in [-0.25, -0.2) is 4.99 Å². The molecular formula is C19H17BrCl2N2O. The predicted molar refractivity (Wildman–Crippen MR) is 108 cm³/mol. The lowest BCUT2D eigenvalue weighted by Crippen LogP contribution is -2.27. The average Bonchev–Trinajstić information content (AvgIpc) is 2.89. The SMILES string of the molecule is CC(C)C1=C(Br)N=C(c2cc(Cl)cn(C)c2=O)C1c1ccc(Cl)cc1. The Bertz CT molecular complexity index is 943. The molecule has 1 aromatic carbocycles. The van der Waals surface area contributed by atoms with E-state index in [1.807, 2.05) is 24.3 Å². The number of nitrogens with zero attached hydrogens (tertiary/aromatic N) is 2. The summed E-state index contributed by atoms with van der Waals surface area (Å²) in [6.07, 6.45) is 1.60. The van der Waals surface area contributed by atoms with Crippen LogP contribution in [-0.4, -0.2) is 10.3 Å². The Morgan fingerprint density at radius 3 is 2.40 bits per heavy atom. The molecule has 0 N–H and O–H groups in total. The largest absolute Gasteiger partial charge is 0.317 e. The lowest BCUT2D eigenvalue weighted by molar-refractivity contribution is 0.726. The first-order chi connectivity index (χ1) is 11.8. The number of aliphatic imine (C=N–C) groups is 1. The number of halogens is 3. The fourth-order valence-electron chi connectivity index (χ4n) is 3.14. The molecule has 1 aliphatic heterocycles. The van der Waals surface area contributed by atoms with Crippen molar-refractivity contribution in [2.24, 2.45) is 18.0 Å². The van der Waals surface area contributed by atoms with E-state index in [9.17, 15) is 4.79 Å². The number of aromatic nitrogens is 1. The van der Waals surface area contributed by atoms with Gasteiger partial charge in [0.1, 0.15) is 4.61 Å². The van der Waals surface area contributed by atoms with Gasteiger partial charge in [-0.2, -0.15) is 0 Å². The average molecular weight is 440 g/mol. The lowest BCUT2D eigenvalue weighted by Gasteiger charge is -2.21. The summed E-state index contributed by atoms with van der Waals surface area (Å²) in [5.41, 5.74) is 3.29. The summed E-state index contributed by atoms with van der Waals surface area (Å²) in [4.78, 5) is 17.4. The summed E-state index contributed by atoms with van der Waals surface area (Å²) < 4.78 is 2.26. The van der Waals surface area contributed by atoms with Crippen LogP contribution in [0.2, 0.25) is 10.0 Å². The van der Waals surface area contributed by atoms with Crippen molar-refractivity contribution in [2.75, 3.05) is 0 Å². The monoisotopic (exact) mass is 438 g/mol. The van der Waals surface area contributed by atoms with Crippen molar-refractivity contribution in [1.29, 1.82) is 0 Å². The fourth-order valence-corrected chi connectivity index (χ4v) is 4.39. The maximum absolute atomic E-state index is 12.7. The molecule has 1 aliphatic rings. The van der Waals surface area contributed by atoms with E-state index in [1.54, 1.807) is 19.3 Å². The highest BCUT2D eigenvalue weighted by molar-refractivity contribution is 9.11. The Kier molecular flexibility index (Phi) is 5.24. The van der Waals surface area contributed by atoms with Gasteiger partial charge in [-0.05, 0) is 51.2 Å². The lowest BCUT2D eigenvalue weighted by atomic mass is 9.81. The van der Waals surface area contributed by atoms with Gasteiger partial charge in [0, 0.05) is 18.3 Å². The van der Waals surface area contributed by atoms with Crippen molar-refractivity contribution in [2.45, 2.75) is 19.8 Å². The molecule has 130 valence electrons. The van der Waals surface area contributed by atoms with Crippen LogP contribution in [0.4, 0.5) is 0 Å². The highest BCUT2D eigenvalue weighted by Gasteiger charge is 2.34. The Morgan fingerprint density at radius 2 is 1.80 bits per heavy atom. The third-order valence-corrected chi connectivity index (χ3v) is 5.39. The predicted octanol–water partition coefficient (Wildman–Crippen LogP) is 5.54. The van der Waals surface area contributed by atoms with Gasteiger partial charge in [-0.1, -0.05) is 49.2 Å². The second-order valence-corrected chi connectivity index (χ2v) is 7.99. The first-order valence-electron chi connectivity index (χ1n) is 7.89. The van der Waals surface area contributed by atoms with E-state index in [-0.39, 0.29) is 17.4 Å². The molecule has 2 aromatic rings. The zero-order chi connectivity index (χ0) is 18.3. The molecule has 25 heavy (non-hydrogen) atoms. The van der Waals surface area contributed by atoms with Gasteiger partial charge in [0.05, 0.1) is 22.2 Å². The quantitative estimate of drug-likeness (QED) is 0.578. The second-order valence-electron chi connectivity index (χ2n) is 6.37. The van der Waals surface area contributed by atoms with E-state index < -0.39 is 0 Å². The molecule has 0 saturated heterocycles. The smallest absolute Gasteiger partial charge is 0.259 e. The highest BCUT2D eigenvalue weighted by atomic mass is 79.9. The summed E-state index contributed by atoms with van der Waals surface area (Å²) in [7, 11) is 1.69. The van der Waals surface area contributed by atoms with Crippen LogP contribution in [-0.2, 0) is 7.05 Å². The van der Waals surface area contributed by atoms with E-state index in [2.05, 4.69) is 29.8 Å². The molecule has 0 amide bonds. The van der Waals surface area contributed by atoms with Gasteiger partial charge >= 0.3 is 0 Å². The van der Waals surface area contributed by atoms with E-state index in [0.717, 1.165) is 15.7 Å². The van der Waals surface area contributed by atoms with Crippen LogP contribution in [0.1, 0.15) is 30.9 Å². The van der Waals surface area contributed by atoms with Crippen LogP contribution in [0.5, 0.6) is 0 Å². The number of benzene rings is 1. The molecule has 0 radical (unpaired) electrons. The number of pyridine rings is 1. The Labute approximate surface area is 165 Å². The Balaban J connectivity index is 2.21. The van der Waals surface area contributed by atoms with Crippen molar-refractivity contribution in [3.05, 3.63) is 78.2 Å². The summed E-state index contributed by atoms with van der Waals surface area (Å²) in [6.45, 7) is 4.24. The van der Waals surface area contributed by atoms with Gasteiger partial charge < -0.3 is 4.57 Å². The van der Waals surface area contributed by atoms with Crippen LogP contribution >= 0.6 is 39.1 Å². The number of hydrogen-bond acceptors (Lipinski definition) is 2. The molecule has 1 aromatic heterocycles. The van der Waals surface area contributed by atoms with Crippen molar-refractivity contribution in [1.82, 2.24) is 4.57 Å². The van der Waals surface area contributed by atoms with Crippen molar-refractivity contribution >= 4 is 44.8 Å². The topological polar surface area (TPSA) is 34.4 Å². The highest BCUT2D eigenvalue weighted by Crippen LogP contribution is 2.42. The maximum atomic E-state index is 12.7. The molecule has 0 aliphatic carbocycles. The summed E-state index contributed by atoms with van der Waals surface area (Å²) >= 11 is 15.8. The van der Waals surface area contributed by atoms with Gasteiger partial charge in [0.2, 0.25) is 0 Å². The Morgan fingerprint density at radius 1 is 1.16 bits per heavy atom. The van der Waals surface area contributed by atoms with Gasteiger partial charge in [-0.15, -0.1) is 0 Å². The summed E-state index contributed by atoms with van der Waals surface area (Å²) in [6, 6.07) is 9.36. The van der Waals surface area contributed by atoms with E-state index >= 15 is 0 Å². The first kappa shape index (κ1) is 18.4. The van der Waals surface area contributed by atoms with Crippen molar-refractivity contribution < 1.29 is 0 Å². The number of rotatable bonds is 3. The zero-order valence-corrected chi connectivity index (χ0v) is 17.2. The minimum absolute atomic E-state index is 0.113. The standard InChI is InChI=1S/C19H17BrCl2N2O/c1-10(2)15-16(11-4-6-12(21)7-5-11)17(23-18(15)20)14-8-13(22)9-24(3)19(14)25/h4-10,16H,1-3H3. The third-order valence-electron chi connectivity index (χ3n) is 4.29. The maximum Gasteiger partial charge on any atom is 0.259 e. The van der Waals surface area contributed by atoms with Crippen LogP contribution in [0.15, 0.2) is 56.5 Å². The number of aryl methyl sites for hydroxylation is 1. The second kappa shape index (κ2) is 7.10. The van der Waals surface area contributed by atoms with Gasteiger partial charge in [0.25, 0.3) is 5.56 Å². The van der Waals surface area contributed by atoms with E-state index in [4.69, 9.17) is 28.2 Å². The van der Waals surface area contributed by atoms with Crippen LogP contribution in [0.3, 0.4) is 0 Å². The van der Waals surface area contributed by atoms with Gasteiger partial charge in [0.15, 0.2) is 0 Å². The molecule has 3 nitrogen and oxygen atoms in total. The molecule has 1 atom stereocenters. The van der Waals surface area contributed by atoms with E-state index in [0.29, 0.717) is 21.3 Å². The molecule has 2 heterocycles.